The van der Waals surface area contributed by atoms with Gasteiger partial charge in [0.05, 0.1) is 5.69 Å². The summed E-state index contributed by atoms with van der Waals surface area (Å²) in [7, 11) is 0. The topological polar surface area (TPSA) is 103 Å². The van der Waals surface area contributed by atoms with E-state index >= 15 is 0 Å². The molecule has 7 aromatic rings. The average Bonchev–Trinajstić information content (AvgIpc) is 3.63. The number of tetrazole rings is 1. The van der Waals surface area contributed by atoms with Crippen LogP contribution in [0.2, 0.25) is 0 Å². The van der Waals surface area contributed by atoms with Crippen LogP contribution in [0.15, 0.2) is 146 Å². The lowest BCUT2D eigenvalue weighted by molar-refractivity contribution is 0.0690. The predicted molar refractivity (Wildman–Crippen MR) is 188 cm³/mol. The second-order valence-corrected chi connectivity index (χ2v) is 11.8. The second-order valence-electron chi connectivity index (χ2n) is 11.8. The van der Waals surface area contributed by atoms with Crippen LogP contribution < -0.4 is 4.74 Å². The van der Waals surface area contributed by atoms with Crippen LogP contribution in [-0.2, 0) is 12.1 Å². The molecule has 5 aromatic carbocycles. The molecule has 8 heteroatoms. The van der Waals surface area contributed by atoms with Crippen molar-refractivity contribution in [3.05, 3.63) is 185 Å². The summed E-state index contributed by atoms with van der Waals surface area (Å²) in [4.78, 5) is 18.1. The zero-order valence-electron chi connectivity index (χ0n) is 27.1. The molecule has 0 amide bonds. The van der Waals surface area contributed by atoms with Gasteiger partial charge in [-0.2, -0.15) is 0 Å². The van der Waals surface area contributed by atoms with Crippen LogP contribution in [-0.4, -0.2) is 36.3 Å². The summed E-state index contributed by atoms with van der Waals surface area (Å²) in [5, 5.41) is 24.5. The van der Waals surface area contributed by atoms with Crippen LogP contribution in [0.25, 0.3) is 22.5 Å². The van der Waals surface area contributed by atoms with Crippen LogP contribution in [0.5, 0.6) is 5.75 Å². The number of carboxylic acids is 1. The Balaban J connectivity index is 1.38. The minimum absolute atomic E-state index is 0.0513. The number of hydrogen-bond acceptors (Lipinski definition) is 6. The van der Waals surface area contributed by atoms with Crippen molar-refractivity contribution in [2.45, 2.75) is 26.0 Å². The second kappa shape index (κ2) is 13.4. The van der Waals surface area contributed by atoms with Crippen molar-refractivity contribution in [1.29, 1.82) is 0 Å². The van der Waals surface area contributed by atoms with Gasteiger partial charge in [0.15, 0.2) is 5.54 Å². The fourth-order valence-corrected chi connectivity index (χ4v) is 6.41. The number of carbonyl (C=O) groups is 1. The first-order chi connectivity index (χ1) is 23.9. The van der Waals surface area contributed by atoms with E-state index in [0.29, 0.717) is 17.2 Å². The lowest BCUT2D eigenvalue weighted by Crippen LogP contribution is -2.39. The molecular weight excluding hydrogens is 610 g/mol. The van der Waals surface area contributed by atoms with Gasteiger partial charge >= 0.3 is 5.97 Å². The number of hydrogen-bond donors (Lipinski definition) is 1. The number of benzene rings is 5. The highest BCUT2D eigenvalue weighted by molar-refractivity contribution is 5.92. The third kappa shape index (κ3) is 5.96. The molecule has 0 bridgehead atoms. The van der Waals surface area contributed by atoms with Gasteiger partial charge in [-0.25, -0.2) is 4.79 Å². The highest BCUT2D eigenvalue weighted by atomic mass is 16.5. The standard InChI is InChI=1S/C41H33N5O3/c1-28-25-37(38(40(47)48)29(2)42-28)49-27-30-23-24-35(31-15-7-3-8-16-31)36(26-30)39-43-45-46(44-39)41(32-17-9-4-10-18-32,33-19-11-5-12-20-33)34-21-13-6-14-22-34/h3-26H,27H2,1-2H3,(H,47,48). The molecule has 7 rings (SSSR count). The number of aromatic carboxylic acids is 1. The molecule has 0 fully saturated rings. The average molecular weight is 644 g/mol. The zero-order chi connectivity index (χ0) is 33.8. The van der Waals surface area contributed by atoms with E-state index in [4.69, 9.17) is 20.1 Å². The fourth-order valence-electron chi connectivity index (χ4n) is 6.41. The first-order valence-electron chi connectivity index (χ1n) is 16.0. The summed E-state index contributed by atoms with van der Waals surface area (Å²) in [6, 6.07) is 48.3. The Hall–Kier alpha value is -6.41. The Kier molecular flexibility index (Phi) is 8.51. The summed E-state index contributed by atoms with van der Waals surface area (Å²) in [6.45, 7) is 3.61. The van der Waals surface area contributed by atoms with E-state index in [1.54, 1.807) is 17.8 Å². The normalized spacial score (nSPS) is 11.3. The summed E-state index contributed by atoms with van der Waals surface area (Å²) < 4.78 is 6.13. The summed E-state index contributed by atoms with van der Waals surface area (Å²) in [5.74, 6) is -0.372. The lowest BCUT2D eigenvalue weighted by Gasteiger charge is -2.34. The molecule has 0 spiro atoms. The molecule has 0 radical (unpaired) electrons. The smallest absolute Gasteiger partial charge is 0.341 e. The SMILES string of the molecule is Cc1cc(OCc2ccc(-c3ccccc3)c(-c3nnn(C(c4ccccc4)(c4ccccc4)c4ccccc4)n3)c2)c(C(=O)O)c(C)n1. The summed E-state index contributed by atoms with van der Waals surface area (Å²) >= 11 is 0. The van der Waals surface area contributed by atoms with Crippen LogP contribution >= 0.6 is 0 Å². The molecule has 0 aliphatic heterocycles. The van der Waals surface area contributed by atoms with Gasteiger partial charge in [-0.1, -0.05) is 133 Å². The number of carboxylic acid groups (broad SMARTS) is 1. The Morgan fingerprint density at radius 1 is 0.714 bits per heavy atom. The van der Waals surface area contributed by atoms with E-state index < -0.39 is 11.5 Å². The van der Waals surface area contributed by atoms with E-state index in [0.717, 1.165) is 38.9 Å². The van der Waals surface area contributed by atoms with Crippen LogP contribution in [0, 0.1) is 13.8 Å². The number of nitrogens with zero attached hydrogens (tertiary/aromatic N) is 5. The monoisotopic (exact) mass is 643 g/mol. The number of ether oxygens (including phenoxy) is 1. The Morgan fingerprint density at radius 2 is 1.27 bits per heavy atom. The molecule has 0 atom stereocenters. The van der Waals surface area contributed by atoms with E-state index in [-0.39, 0.29) is 17.9 Å². The molecule has 1 N–H and O–H groups in total. The Labute approximate surface area is 284 Å². The number of aryl methyl sites for hydroxylation is 2. The van der Waals surface area contributed by atoms with E-state index in [1.807, 2.05) is 110 Å². The first-order valence-corrected chi connectivity index (χ1v) is 16.0. The molecule has 0 aliphatic rings. The third-order valence-corrected chi connectivity index (χ3v) is 8.60. The van der Waals surface area contributed by atoms with Crippen molar-refractivity contribution in [2.75, 3.05) is 0 Å². The Morgan fingerprint density at radius 3 is 1.82 bits per heavy atom. The molecule has 2 heterocycles. The number of pyridine rings is 1. The highest BCUT2D eigenvalue weighted by Gasteiger charge is 2.41. The van der Waals surface area contributed by atoms with Gasteiger partial charge in [0.2, 0.25) is 5.82 Å². The van der Waals surface area contributed by atoms with Gasteiger partial charge in [-0.05, 0) is 58.5 Å². The number of aromatic nitrogens is 5. The van der Waals surface area contributed by atoms with Crippen LogP contribution in [0.1, 0.15) is 44.0 Å². The van der Waals surface area contributed by atoms with Gasteiger partial charge in [-0.3, -0.25) is 4.98 Å². The minimum atomic E-state index is -1.08. The molecule has 0 unspecified atom stereocenters. The molecule has 240 valence electrons. The van der Waals surface area contributed by atoms with Gasteiger partial charge in [0.25, 0.3) is 0 Å². The van der Waals surface area contributed by atoms with Crippen molar-refractivity contribution < 1.29 is 14.6 Å². The molecule has 0 aliphatic carbocycles. The lowest BCUT2D eigenvalue weighted by atomic mass is 9.77. The van der Waals surface area contributed by atoms with Gasteiger partial charge in [0.1, 0.15) is 17.9 Å². The van der Waals surface area contributed by atoms with Gasteiger partial charge in [-0.15, -0.1) is 15.0 Å². The maximum atomic E-state index is 12.1. The maximum absolute atomic E-state index is 12.1. The Bertz CT molecular complexity index is 2120. The van der Waals surface area contributed by atoms with Crippen molar-refractivity contribution in [2.24, 2.45) is 0 Å². The zero-order valence-corrected chi connectivity index (χ0v) is 27.1. The van der Waals surface area contributed by atoms with Crippen LogP contribution in [0.3, 0.4) is 0 Å². The quantitative estimate of drug-likeness (QED) is 0.150. The molecule has 0 saturated carbocycles. The highest BCUT2D eigenvalue weighted by Crippen LogP contribution is 2.40. The van der Waals surface area contributed by atoms with E-state index in [1.165, 1.54) is 0 Å². The van der Waals surface area contributed by atoms with Crippen molar-refractivity contribution in [3.63, 3.8) is 0 Å². The third-order valence-electron chi connectivity index (χ3n) is 8.60. The summed E-state index contributed by atoms with van der Waals surface area (Å²) in [5.41, 5.74) is 6.67. The maximum Gasteiger partial charge on any atom is 0.341 e. The van der Waals surface area contributed by atoms with E-state index in [2.05, 4.69) is 41.4 Å². The first kappa shape index (κ1) is 31.2. The van der Waals surface area contributed by atoms with Crippen molar-refractivity contribution in [1.82, 2.24) is 25.2 Å². The van der Waals surface area contributed by atoms with E-state index in [9.17, 15) is 9.90 Å². The number of rotatable bonds is 10. The molecule has 2 aromatic heterocycles. The molecular formula is C41H33N5O3. The van der Waals surface area contributed by atoms with Crippen molar-refractivity contribution >= 4 is 5.97 Å². The summed E-state index contributed by atoms with van der Waals surface area (Å²) in [6.07, 6.45) is 0. The molecule has 0 saturated heterocycles. The van der Waals surface area contributed by atoms with Crippen molar-refractivity contribution in [3.8, 4) is 28.3 Å². The van der Waals surface area contributed by atoms with Gasteiger partial charge < -0.3 is 9.84 Å². The minimum Gasteiger partial charge on any atom is -0.488 e. The fraction of sp³-hybridized carbons (Fsp3) is 0.0976. The molecule has 49 heavy (non-hydrogen) atoms. The largest absolute Gasteiger partial charge is 0.488 e. The molecule has 8 nitrogen and oxygen atoms in total. The van der Waals surface area contributed by atoms with Crippen LogP contribution in [0.4, 0.5) is 0 Å². The predicted octanol–water partition coefficient (Wildman–Crippen LogP) is 8.14. The van der Waals surface area contributed by atoms with Gasteiger partial charge in [0, 0.05) is 17.3 Å².